The molecule has 0 saturated heterocycles. The van der Waals surface area contributed by atoms with Gasteiger partial charge in [-0.1, -0.05) is 22.9 Å². The molecule has 2 rings (SSSR count). The highest BCUT2D eigenvalue weighted by atomic mass is 35.5. The van der Waals surface area contributed by atoms with E-state index in [1.54, 1.807) is 14.2 Å². The quantitative estimate of drug-likeness (QED) is 0.850. The molecule has 0 aliphatic rings. The van der Waals surface area contributed by atoms with Crippen LogP contribution in [0.15, 0.2) is 12.1 Å². The van der Waals surface area contributed by atoms with E-state index < -0.39 is 0 Å². The summed E-state index contributed by atoms with van der Waals surface area (Å²) in [6, 6.07) is 3.64. The average molecular weight is 273 g/mol. The lowest BCUT2D eigenvalue weighted by molar-refractivity contribution is 0.211. The summed E-state index contributed by atoms with van der Waals surface area (Å²) in [5.41, 5.74) is 0.796. The van der Waals surface area contributed by atoms with Gasteiger partial charge in [0, 0.05) is 13.7 Å². The molecular formula is C11H13ClN2O2S. The maximum atomic E-state index is 6.12. The van der Waals surface area contributed by atoms with E-state index in [0.29, 0.717) is 11.6 Å². The highest BCUT2D eigenvalue weighted by Crippen LogP contribution is 2.37. The molecule has 6 heteroatoms. The summed E-state index contributed by atoms with van der Waals surface area (Å²) in [7, 11) is 3.29. The van der Waals surface area contributed by atoms with Crippen LogP contribution in [0.1, 0.15) is 0 Å². The van der Waals surface area contributed by atoms with Crippen LogP contribution in [-0.4, -0.2) is 32.4 Å². The van der Waals surface area contributed by atoms with Gasteiger partial charge in [-0.25, -0.2) is 4.98 Å². The Bertz CT molecular complexity index is 515. The predicted octanol–water partition coefficient (Wildman–Crippen LogP) is 3.02. The second-order valence-electron chi connectivity index (χ2n) is 3.37. The molecular weight excluding hydrogens is 260 g/mol. The van der Waals surface area contributed by atoms with Crippen molar-refractivity contribution in [3.63, 3.8) is 0 Å². The fourth-order valence-corrected chi connectivity index (χ4v) is 2.63. The Morgan fingerprint density at radius 1 is 1.41 bits per heavy atom. The molecule has 17 heavy (non-hydrogen) atoms. The monoisotopic (exact) mass is 272 g/mol. The van der Waals surface area contributed by atoms with Crippen LogP contribution in [-0.2, 0) is 4.74 Å². The van der Waals surface area contributed by atoms with E-state index in [-0.39, 0.29) is 0 Å². The highest BCUT2D eigenvalue weighted by molar-refractivity contribution is 7.22. The molecule has 0 atom stereocenters. The van der Waals surface area contributed by atoms with Crippen molar-refractivity contribution in [3.8, 4) is 5.75 Å². The van der Waals surface area contributed by atoms with Gasteiger partial charge in [0.1, 0.15) is 11.3 Å². The van der Waals surface area contributed by atoms with Crippen LogP contribution in [0.2, 0.25) is 5.02 Å². The maximum absolute atomic E-state index is 6.12. The van der Waals surface area contributed by atoms with Crippen LogP contribution in [0.3, 0.4) is 0 Å². The molecule has 1 N–H and O–H groups in total. The summed E-state index contributed by atoms with van der Waals surface area (Å²) < 4.78 is 11.2. The highest BCUT2D eigenvalue weighted by Gasteiger charge is 2.11. The van der Waals surface area contributed by atoms with Gasteiger partial charge in [0.15, 0.2) is 5.13 Å². The third kappa shape index (κ3) is 2.62. The lowest BCUT2D eigenvalue weighted by Gasteiger charge is -2.00. The Balaban J connectivity index is 2.31. The summed E-state index contributed by atoms with van der Waals surface area (Å²) in [5, 5.41) is 4.70. The summed E-state index contributed by atoms with van der Waals surface area (Å²) in [6.07, 6.45) is 0. The van der Waals surface area contributed by atoms with E-state index in [1.165, 1.54) is 11.3 Å². The van der Waals surface area contributed by atoms with Gasteiger partial charge in [0.2, 0.25) is 0 Å². The molecule has 1 aromatic carbocycles. The van der Waals surface area contributed by atoms with Crippen LogP contribution in [0.5, 0.6) is 5.75 Å². The summed E-state index contributed by atoms with van der Waals surface area (Å²) >= 11 is 7.64. The third-order valence-electron chi connectivity index (χ3n) is 2.26. The number of ether oxygens (including phenoxy) is 2. The van der Waals surface area contributed by atoms with Crippen LogP contribution >= 0.6 is 22.9 Å². The molecule has 1 aromatic heterocycles. The van der Waals surface area contributed by atoms with Crippen LogP contribution in [0.25, 0.3) is 10.2 Å². The number of anilines is 1. The zero-order chi connectivity index (χ0) is 12.3. The van der Waals surface area contributed by atoms with E-state index in [9.17, 15) is 0 Å². The van der Waals surface area contributed by atoms with Crippen molar-refractivity contribution in [2.45, 2.75) is 0 Å². The standard InChI is InChI=1S/C11H13ClN2O2S/c1-15-6-5-13-11-14-9-8(16-2)4-3-7(12)10(9)17-11/h3-4H,5-6H2,1-2H3,(H,13,14). The van der Waals surface area contributed by atoms with Crippen molar-refractivity contribution in [3.05, 3.63) is 17.2 Å². The zero-order valence-corrected chi connectivity index (χ0v) is 11.2. The number of hydrogen-bond donors (Lipinski definition) is 1. The topological polar surface area (TPSA) is 43.4 Å². The fraction of sp³-hybridized carbons (Fsp3) is 0.364. The van der Waals surface area contributed by atoms with Crippen molar-refractivity contribution < 1.29 is 9.47 Å². The SMILES string of the molecule is COCCNc1nc2c(OC)ccc(Cl)c2s1. The minimum atomic E-state index is 0.640. The Morgan fingerprint density at radius 2 is 2.24 bits per heavy atom. The van der Waals surface area contributed by atoms with Gasteiger partial charge < -0.3 is 14.8 Å². The number of benzene rings is 1. The molecule has 92 valence electrons. The number of nitrogens with one attached hydrogen (secondary N) is 1. The van der Waals surface area contributed by atoms with E-state index >= 15 is 0 Å². The Labute approximate surface area is 109 Å². The fourth-order valence-electron chi connectivity index (χ4n) is 1.45. The predicted molar refractivity (Wildman–Crippen MR) is 71.5 cm³/mol. The van der Waals surface area contributed by atoms with Crippen molar-refractivity contribution in [1.29, 1.82) is 0 Å². The second kappa shape index (κ2) is 5.53. The lowest BCUT2D eigenvalue weighted by Crippen LogP contribution is -2.06. The zero-order valence-electron chi connectivity index (χ0n) is 9.62. The lowest BCUT2D eigenvalue weighted by atomic mass is 10.3. The molecule has 0 fully saturated rings. The molecule has 0 unspecified atom stereocenters. The number of rotatable bonds is 5. The normalized spacial score (nSPS) is 10.8. The number of halogens is 1. The molecule has 1 heterocycles. The number of fused-ring (bicyclic) bond motifs is 1. The number of nitrogens with zero attached hydrogens (tertiary/aromatic N) is 1. The van der Waals surface area contributed by atoms with E-state index in [2.05, 4.69) is 10.3 Å². The third-order valence-corrected chi connectivity index (χ3v) is 3.73. The van der Waals surface area contributed by atoms with Gasteiger partial charge in [-0.3, -0.25) is 0 Å². The van der Waals surface area contributed by atoms with E-state index in [0.717, 1.165) is 27.6 Å². The van der Waals surface area contributed by atoms with E-state index in [1.807, 2.05) is 12.1 Å². The largest absolute Gasteiger partial charge is 0.494 e. The number of aromatic nitrogens is 1. The Hall–Kier alpha value is -1.04. The molecule has 4 nitrogen and oxygen atoms in total. The molecule has 0 saturated carbocycles. The van der Waals surface area contributed by atoms with Crippen molar-refractivity contribution in [2.24, 2.45) is 0 Å². The number of thiazole rings is 1. The van der Waals surface area contributed by atoms with Crippen LogP contribution in [0.4, 0.5) is 5.13 Å². The van der Waals surface area contributed by atoms with Crippen molar-refractivity contribution in [2.75, 3.05) is 32.7 Å². The van der Waals surface area contributed by atoms with Gasteiger partial charge >= 0.3 is 0 Å². The number of hydrogen-bond acceptors (Lipinski definition) is 5. The summed E-state index contributed by atoms with van der Waals surface area (Å²) in [6.45, 7) is 1.36. The minimum absolute atomic E-state index is 0.640. The molecule has 0 amide bonds. The molecule has 0 aliphatic heterocycles. The van der Waals surface area contributed by atoms with Gasteiger partial charge in [0.05, 0.1) is 23.4 Å². The van der Waals surface area contributed by atoms with Gasteiger partial charge in [0.25, 0.3) is 0 Å². The molecule has 0 bridgehead atoms. The van der Waals surface area contributed by atoms with Gasteiger partial charge in [-0.2, -0.15) is 0 Å². The first-order valence-electron chi connectivity index (χ1n) is 5.12. The summed E-state index contributed by atoms with van der Waals surface area (Å²) in [5.74, 6) is 0.737. The van der Waals surface area contributed by atoms with Crippen molar-refractivity contribution >= 4 is 38.3 Å². The maximum Gasteiger partial charge on any atom is 0.184 e. The molecule has 0 radical (unpaired) electrons. The van der Waals surface area contributed by atoms with Gasteiger partial charge in [-0.15, -0.1) is 0 Å². The first-order valence-corrected chi connectivity index (χ1v) is 6.31. The van der Waals surface area contributed by atoms with Gasteiger partial charge in [-0.05, 0) is 12.1 Å². The Kier molecular flexibility index (Phi) is 4.04. The average Bonchev–Trinajstić information content (AvgIpc) is 2.75. The smallest absolute Gasteiger partial charge is 0.184 e. The molecule has 0 aliphatic carbocycles. The van der Waals surface area contributed by atoms with Crippen molar-refractivity contribution in [1.82, 2.24) is 4.98 Å². The van der Waals surface area contributed by atoms with E-state index in [4.69, 9.17) is 21.1 Å². The first-order chi connectivity index (χ1) is 8.26. The summed E-state index contributed by atoms with van der Waals surface area (Å²) in [4.78, 5) is 4.46. The van der Waals surface area contributed by atoms with Crippen LogP contribution < -0.4 is 10.1 Å². The second-order valence-corrected chi connectivity index (χ2v) is 4.77. The molecule has 0 spiro atoms. The first kappa shape index (κ1) is 12.4. The Morgan fingerprint density at radius 3 is 2.94 bits per heavy atom. The molecule has 2 aromatic rings. The van der Waals surface area contributed by atoms with Crippen LogP contribution in [0, 0.1) is 0 Å². The minimum Gasteiger partial charge on any atom is -0.494 e. The number of methoxy groups -OCH3 is 2.